The molecule has 0 aliphatic carbocycles. The lowest BCUT2D eigenvalue weighted by Crippen LogP contribution is -2.08. The molecule has 0 atom stereocenters. The minimum absolute atomic E-state index is 0.113. The SMILES string of the molecule is CN(C)c1cccc(-c2ccc([N+](=O)[O-])cc2)c1. The molecule has 0 N–H and O–H groups in total. The first kappa shape index (κ1) is 12.1. The van der Waals surface area contributed by atoms with E-state index >= 15 is 0 Å². The molecule has 0 saturated heterocycles. The van der Waals surface area contributed by atoms with Gasteiger partial charge in [-0.3, -0.25) is 10.1 Å². The second-order valence-electron chi connectivity index (χ2n) is 4.25. The quantitative estimate of drug-likeness (QED) is 0.612. The summed E-state index contributed by atoms with van der Waals surface area (Å²) in [5.74, 6) is 0. The lowest BCUT2D eigenvalue weighted by atomic mass is 10.0. The van der Waals surface area contributed by atoms with Gasteiger partial charge < -0.3 is 4.90 Å². The molecule has 0 amide bonds. The Labute approximate surface area is 106 Å². The molecule has 0 unspecified atom stereocenters. The molecule has 18 heavy (non-hydrogen) atoms. The van der Waals surface area contributed by atoms with Gasteiger partial charge in [0.1, 0.15) is 0 Å². The van der Waals surface area contributed by atoms with Crippen molar-refractivity contribution in [2.24, 2.45) is 0 Å². The van der Waals surface area contributed by atoms with Crippen LogP contribution in [0.1, 0.15) is 0 Å². The molecule has 4 heteroatoms. The number of hydrogen-bond donors (Lipinski definition) is 0. The van der Waals surface area contributed by atoms with Gasteiger partial charge in [-0.15, -0.1) is 0 Å². The van der Waals surface area contributed by atoms with Crippen LogP contribution >= 0.6 is 0 Å². The number of rotatable bonds is 3. The number of anilines is 1. The van der Waals surface area contributed by atoms with Crippen molar-refractivity contribution >= 4 is 11.4 Å². The van der Waals surface area contributed by atoms with Gasteiger partial charge in [-0.1, -0.05) is 12.1 Å². The molecule has 2 rings (SSSR count). The number of hydrogen-bond acceptors (Lipinski definition) is 3. The van der Waals surface area contributed by atoms with Crippen molar-refractivity contribution in [1.29, 1.82) is 0 Å². The van der Waals surface area contributed by atoms with Crippen LogP contribution in [0.3, 0.4) is 0 Å². The van der Waals surface area contributed by atoms with Gasteiger partial charge in [0.05, 0.1) is 4.92 Å². The third-order valence-corrected chi connectivity index (χ3v) is 2.77. The van der Waals surface area contributed by atoms with Crippen LogP contribution in [-0.4, -0.2) is 19.0 Å². The summed E-state index contributed by atoms with van der Waals surface area (Å²) in [7, 11) is 3.96. The van der Waals surface area contributed by atoms with E-state index in [4.69, 9.17) is 0 Å². The van der Waals surface area contributed by atoms with Gasteiger partial charge in [-0.25, -0.2) is 0 Å². The van der Waals surface area contributed by atoms with Crippen LogP contribution in [0, 0.1) is 10.1 Å². The maximum absolute atomic E-state index is 10.6. The van der Waals surface area contributed by atoms with E-state index in [2.05, 4.69) is 6.07 Å². The number of benzene rings is 2. The van der Waals surface area contributed by atoms with Gasteiger partial charge in [-0.2, -0.15) is 0 Å². The molecule has 0 aliphatic heterocycles. The third-order valence-electron chi connectivity index (χ3n) is 2.77. The Balaban J connectivity index is 2.36. The first-order valence-electron chi connectivity index (χ1n) is 5.60. The molecule has 2 aromatic rings. The van der Waals surface area contributed by atoms with Crippen LogP contribution in [0.15, 0.2) is 48.5 Å². The highest BCUT2D eigenvalue weighted by Crippen LogP contribution is 2.25. The molecule has 0 aliphatic rings. The summed E-state index contributed by atoms with van der Waals surface area (Å²) in [5, 5.41) is 10.6. The van der Waals surface area contributed by atoms with Crippen molar-refractivity contribution < 1.29 is 4.92 Å². The zero-order chi connectivity index (χ0) is 13.1. The number of nitro benzene ring substituents is 1. The van der Waals surface area contributed by atoms with Crippen molar-refractivity contribution in [1.82, 2.24) is 0 Å². The molecule has 92 valence electrons. The first-order valence-corrected chi connectivity index (χ1v) is 5.60. The minimum atomic E-state index is -0.389. The standard InChI is InChI=1S/C14H14N2O2/c1-15(2)14-5-3-4-12(10-14)11-6-8-13(9-7-11)16(17)18/h3-10H,1-2H3. The Hall–Kier alpha value is -2.36. The number of nitrogens with zero attached hydrogens (tertiary/aromatic N) is 2. The summed E-state index contributed by atoms with van der Waals surface area (Å²) in [6.45, 7) is 0. The molecule has 0 fully saturated rings. The van der Waals surface area contributed by atoms with Gasteiger partial charge in [0.15, 0.2) is 0 Å². The van der Waals surface area contributed by atoms with Gasteiger partial charge in [0.25, 0.3) is 5.69 Å². The van der Waals surface area contributed by atoms with E-state index in [9.17, 15) is 10.1 Å². The molecule has 0 saturated carbocycles. The summed E-state index contributed by atoms with van der Waals surface area (Å²) in [6, 6.07) is 14.6. The van der Waals surface area contributed by atoms with Crippen molar-refractivity contribution in [3.05, 3.63) is 58.6 Å². The minimum Gasteiger partial charge on any atom is -0.378 e. The summed E-state index contributed by atoms with van der Waals surface area (Å²) in [6.07, 6.45) is 0. The fourth-order valence-electron chi connectivity index (χ4n) is 1.74. The highest BCUT2D eigenvalue weighted by Gasteiger charge is 2.05. The smallest absolute Gasteiger partial charge is 0.269 e. The Morgan fingerprint density at radius 2 is 1.67 bits per heavy atom. The van der Waals surface area contributed by atoms with Gasteiger partial charge in [0.2, 0.25) is 0 Å². The van der Waals surface area contributed by atoms with Gasteiger partial charge in [0, 0.05) is 31.9 Å². The van der Waals surface area contributed by atoms with Crippen LogP contribution in [0.5, 0.6) is 0 Å². The molecular weight excluding hydrogens is 228 g/mol. The zero-order valence-electron chi connectivity index (χ0n) is 10.3. The van der Waals surface area contributed by atoms with Crippen LogP contribution < -0.4 is 4.90 Å². The Morgan fingerprint density at radius 3 is 2.22 bits per heavy atom. The van der Waals surface area contributed by atoms with E-state index in [0.29, 0.717) is 0 Å². The van der Waals surface area contributed by atoms with E-state index < -0.39 is 0 Å². The summed E-state index contributed by atoms with van der Waals surface area (Å²) in [5.41, 5.74) is 3.24. The summed E-state index contributed by atoms with van der Waals surface area (Å²) in [4.78, 5) is 12.2. The zero-order valence-corrected chi connectivity index (χ0v) is 10.3. The average molecular weight is 242 g/mol. The maximum Gasteiger partial charge on any atom is 0.269 e. The number of non-ortho nitro benzene ring substituents is 1. The molecule has 0 aromatic heterocycles. The topological polar surface area (TPSA) is 46.4 Å². The lowest BCUT2D eigenvalue weighted by molar-refractivity contribution is -0.384. The molecular formula is C14H14N2O2. The van der Waals surface area contributed by atoms with Crippen LogP contribution in [0.2, 0.25) is 0 Å². The molecule has 0 heterocycles. The van der Waals surface area contributed by atoms with Gasteiger partial charge in [-0.05, 0) is 35.4 Å². The Kier molecular flexibility index (Phi) is 3.28. The largest absolute Gasteiger partial charge is 0.378 e. The van der Waals surface area contributed by atoms with Crippen LogP contribution in [0.25, 0.3) is 11.1 Å². The predicted molar refractivity (Wildman–Crippen MR) is 72.9 cm³/mol. The van der Waals surface area contributed by atoms with Crippen molar-refractivity contribution in [2.75, 3.05) is 19.0 Å². The monoisotopic (exact) mass is 242 g/mol. The molecule has 4 nitrogen and oxygen atoms in total. The highest BCUT2D eigenvalue weighted by molar-refractivity contribution is 5.69. The van der Waals surface area contributed by atoms with Crippen molar-refractivity contribution in [3.8, 4) is 11.1 Å². The first-order chi connectivity index (χ1) is 8.58. The summed E-state index contributed by atoms with van der Waals surface area (Å²) >= 11 is 0. The van der Waals surface area contributed by atoms with E-state index in [1.54, 1.807) is 12.1 Å². The fourth-order valence-corrected chi connectivity index (χ4v) is 1.74. The van der Waals surface area contributed by atoms with E-state index in [1.807, 2.05) is 37.2 Å². The molecule has 0 radical (unpaired) electrons. The second-order valence-corrected chi connectivity index (χ2v) is 4.25. The van der Waals surface area contributed by atoms with Crippen LogP contribution in [0.4, 0.5) is 11.4 Å². The average Bonchev–Trinajstić information content (AvgIpc) is 2.39. The van der Waals surface area contributed by atoms with E-state index in [0.717, 1.165) is 16.8 Å². The number of nitro groups is 1. The van der Waals surface area contributed by atoms with Crippen molar-refractivity contribution in [3.63, 3.8) is 0 Å². The fraction of sp³-hybridized carbons (Fsp3) is 0.143. The lowest BCUT2D eigenvalue weighted by Gasteiger charge is -2.13. The third kappa shape index (κ3) is 2.48. The van der Waals surface area contributed by atoms with Gasteiger partial charge >= 0.3 is 0 Å². The summed E-state index contributed by atoms with van der Waals surface area (Å²) < 4.78 is 0. The van der Waals surface area contributed by atoms with E-state index in [1.165, 1.54) is 12.1 Å². The maximum atomic E-state index is 10.6. The predicted octanol–water partition coefficient (Wildman–Crippen LogP) is 3.33. The van der Waals surface area contributed by atoms with E-state index in [-0.39, 0.29) is 10.6 Å². The molecule has 0 spiro atoms. The normalized spacial score (nSPS) is 10.1. The van der Waals surface area contributed by atoms with Crippen LogP contribution in [-0.2, 0) is 0 Å². The van der Waals surface area contributed by atoms with Crippen molar-refractivity contribution in [2.45, 2.75) is 0 Å². The second kappa shape index (κ2) is 4.87. The highest BCUT2D eigenvalue weighted by atomic mass is 16.6. The molecule has 0 bridgehead atoms. The Morgan fingerprint density at radius 1 is 1.00 bits per heavy atom. The molecule has 2 aromatic carbocycles. The Bertz CT molecular complexity index is 562.